The highest BCUT2D eigenvalue weighted by atomic mass is 16.2. The molecule has 2 saturated heterocycles. The lowest BCUT2D eigenvalue weighted by Gasteiger charge is -2.44. The fraction of sp³-hybridized carbons (Fsp3) is 0.722. The number of aryl methyl sites for hydroxylation is 2. The zero-order chi connectivity index (χ0) is 17.2. The average Bonchev–Trinajstić information content (AvgIpc) is 2.59. The maximum atomic E-state index is 12.6. The van der Waals surface area contributed by atoms with Crippen LogP contribution in [0.1, 0.15) is 49.7 Å². The molecule has 2 fully saturated rings. The third kappa shape index (κ3) is 3.53. The normalized spacial score (nSPS) is 20.3. The first kappa shape index (κ1) is 17.1. The largest absolute Gasteiger partial charge is 0.342 e. The maximum absolute atomic E-state index is 12.6. The summed E-state index contributed by atoms with van der Waals surface area (Å²) >= 11 is 0. The Kier molecular flexibility index (Phi) is 5.04. The molecule has 3 rings (SSSR count). The van der Waals surface area contributed by atoms with E-state index in [1.165, 1.54) is 12.8 Å². The van der Waals surface area contributed by atoms with Crippen LogP contribution in [0, 0.1) is 12.3 Å². The summed E-state index contributed by atoms with van der Waals surface area (Å²) in [4.78, 5) is 33.9. The van der Waals surface area contributed by atoms with Gasteiger partial charge in [-0.05, 0) is 51.1 Å². The minimum Gasteiger partial charge on any atom is -0.342 e. The van der Waals surface area contributed by atoms with Gasteiger partial charge in [0.15, 0.2) is 0 Å². The summed E-state index contributed by atoms with van der Waals surface area (Å²) in [6.45, 7) is 7.59. The number of rotatable bonds is 3. The summed E-state index contributed by atoms with van der Waals surface area (Å²) in [5, 5.41) is 3.42. The van der Waals surface area contributed by atoms with Gasteiger partial charge in [0.1, 0.15) is 5.82 Å². The molecule has 2 aliphatic rings. The lowest BCUT2D eigenvalue weighted by molar-refractivity contribution is -0.133. The Morgan fingerprint density at radius 2 is 1.88 bits per heavy atom. The van der Waals surface area contributed by atoms with E-state index < -0.39 is 0 Å². The van der Waals surface area contributed by atoms with Crippen molar-refractivity contribution < 1.29 is 4.79 Å². The van der Waals surface area contributed by atoms with Crippen LogP contribution in [0.5, 0.6) is 0 Å². The minimum atomic E-state index is -0.167. The van der Waals surface area contributed by atoms with E-state index in [2.05, 4.69) is 15.3 Å². The molecule has 24 heavy (non-hydrogen) atoms. The quantitative estimate of drug-likeness (QED) is 0.871. The standard InChI is InChI=1S/C18H28N4O2/c1-3-15-20-13(2)14(17(24)21-15)12-16(23)22-10-6-18(7-11-22)4-8-19-9-5-18/h19H,3-12H2,1-2H3,(H,20,21,24). The first-order valence-corrected chi connectivity index (χ1v) is 9.10. The zero-order valence-electron chi connectivity index (χ0n) is 14.8. The highest BCUT2D eigenvalue weighted by molar-refractivity contribution is 5.79. The van der Waals surface area contributed by atoms with Crippen molar-refractivity contribution in [1.29, 1.82) is 0 Å². The molecule has 6 heteroatoms. The van der Waals surface area contributed by atoms with E-state index in [1.807, 2.05) is 18.7 Å². The zero-order valence-corrected chi connectivity index (χ0v) is 14.8. The summed E-state index contributed by atoms with van der Waals surface area (Å²) in [5.41, 5.74) is 1.45. The van der Waals surface area contributed by atoms with Crippen molar-refractivity contribution in [1.82, 2.24) is 20.2 Å². The van der Waals surface area contributed by atoms with Crippen molar-refractivity contribution in [2.24, 2.45) is 5.41 Å². The molecule has 1 aromatic heterocycles. The second kappa shape index (κ2) is 7.05. The average molecular weight is 332 g/mol. The first-order chi connectivity index (χ1) is 11.5. The fourth-order valence-electron chi connectivity index (χ4n) is 3.99. The second-order valence-electron chi connectivity index (χ2n) is 7.24. The summed E-state index contributed by atoms with van der Waals surface area (Å²) in [6, 6.07) is 0. The molecule has 0 aromatic carbocycles. The first-order valence-electron chi connectivity index (χ1n) is 9.10. The number of aromatic amines is 1. The topological polar surface area (TPSA) is 78.1 Å². The van der Waals surface area contributed by atoms with E-state index in [0.29, 0.717) is 28.9 Å². The molecule has 0 saturated carbocycles. The predicted octanol–water partition coefficient (Wildman–Crippen LogP) is 1.18. The minimum absolute atomic E-state index is 0.0541. The Morgan fingerprint density at radius 1 is 1.21 bits per heavy atom. The molecule has 132 valence electrons. The van der Waals surface area contributed by atoms with Crippen LogP contribution in [0.25, 0.3) is 0 Å². The van der Waals surface area contributed by atoms with Gasteiger partial charge < -0.3 is 15.2 Å². The Hall–Kier alpha value is -1.69. The van der Waals surface area contributed by atoms with Gasteiger partial charge in [-0.3, -0.25) is 9.59 Å². The van der Waals surface area contributed by atoms with Gasteiger partial charge in [-0.25, -0.2) is 4.98 Å². The van der Waals surface area contributed by atoms with Crippen molar-refractivity contribution in [3.05, 3.63) is 27.4 Å². The van der Waals surface area contributed by atoms with Crippen LogP contribution < -0.4 is 10.9 Å². The molecule has 0 radical (unpaired) electrons. The number of likely N-dealkylation sites (tertiary alicyclic amines) is 1. The SMILES string of the molecule is CCc1nc(C)c(CC(=O)N2CCC3(CCNCC3)CC2)c(=O)[nH]1. The number of nitrogens with zero attached hydrogens (tertiary/aromatic N) is 2. The molecule has 0 bridgehead atoms. The number of nitrogens with one attached hydrogen (secondary N) is 2. The van der Waals surface area contributed by atoms with Crippen LogP contribution in [-0.2, 0) is 17.6 Å². The highest BCUT2D eigenvalue weighted by Crippen LogP contribution is 2.39. The van der Waals surface area contributed by atoms with E-state index in [0.717, 1.165) is 39.0 Å². The van der Waals surface area contributed by atoms with Gasteiger partial charge in [-0.15, -0.1) is 0 Å². The van der Waals surface area contributed by atoms with Crippen LogP contribution in [0.15, 0.2) is 4.79 Å². The number of H-pyrrole nitrogens is 1. The lowest BCUT2D eigenvalue weighted by Crippen LogP contribution is -2.47. The molecular weight excluding hydrogens is 304 g/mol. The Bertz CT molecular complexity index is 651. The van der Waals surface area contributed by atoms with Gasteiger partial charge in [0.2, 0.25) is 5.91 Å². The van der Waals surface area contributed by atoms with Crippen molar-refractivity contribution in [3.63, 3.8) is 0 Å². The summed E-state index contributed by atoms with van der Waals surface area (Å²) in [6.07, 6.45) is 5.46. The monoisotopic (exact) mass is 332 g/mol. The van der Waals surface area contributed by atoms with Gasteiger partial charge in [0, 0.05) is 30.8 Å². The van der Waals surface area contributed by atoms with Crippen molar-refractivity contribution >= 4 is 5.91 Å². The molecule has 1 aromatic rings. The molecule has 1 spiro atoms. The third-order valence-corrected chi connectivity index (χ3v) is 5.78. The Morgan fingerprint density at radius 3 is 2.46 bits per heavy atom. The van der Waals surface area contributed by atoms with Gasteiger partial charge in [-0.2, -0.15) is 0 Å². The molecular formula is C18H28N4O2. The number of hydrogen-bond donors (Lipinski definition) is 2. The van der Waals surface area contributed by atoms with Gasteiger partial charge >= 0.3 is 0 Å². The molecule has 1 amide bonds. The lowest BCUT2D eigenvalue weighted by atomic mass is 9.71. The van der Waals surface area contributed by atoms with Crippen molar-refractivity contribution in [2.45, 2.75) is 52.4 Å². The molecule has 0 atom stereocenters. The number of carbonyl (C=O) groups is 1. The molecule has 3 heterocycles. The van der Waals surface area contributed by atoms with E-state index in [9.17, 15) is 9.59 Å². The summed E-state index contributed by atoms with van der Waals surface area (Å²) < 4.78 is 0. The number of hydrogen-bond acceptors (Lipinski definition) is 4. The fourth-order valence-corrected chi connectivity index (χ4v) is 3.99. The van der Waals surface area contributed by atoms with E-state index in [4.69, 9.17) is 0 Å². The number of aromatic nitrogens is 2. The van der Waals surface area contributed by atoms with Gasteiger partial charge in [-0.1, -0.05) is 6.92 Å². The van der Waals surface area contributed by atoms with E-state index in [-0.39, 0.29) is 17.9 Å². The number of amides is 1. The Labute approximate surface area is 143 Å². The third-order valence-electron chi connectivity index (χ3n) is 5.78. The number of piperidine rings is 2. The molecule has 2 N–H and O–H groups in total. The predicted molar refractivity (Wildman–Crippen MR) is 93.0 cm³/mol. The van der Waals surface area contributed by atoms with Crippen LogP contribution in [0.4, 0.5) is 0 Å². The van der Waals surface area contributed by atoms with E-state index >= 15 is 0 Å². The maximum Gasteiger partial charge on any atom is 0.254 e. The Balaban J connectivity index is 1.63. The molecule has 0 aliphatic carbocycles. The van der Waals surface area contributed by atoms with Crippen molar-refractivity contribution in [2.75, 3.05) is 26.2 Å². The van der Waals surface area contributed by atoms with Crippen molar-refractivity contribution in [3.8, 4) is 0 Å². The molecule has 0 unspecified atom stereocenters. The van der Waals surface area contributed by atoms with Crippen LogP contribution in [0.2, 0.25) is 0 Å². The second-order valence-corrected chi connectivity index (χ2v) is 7.24. The summed E-state index contributed by atoms with van der Waals surface area (Å²) in [5.74, 6) is 0.734. The van der Waals surface area contributed by atoms with Gasteiger partial charge in [0.05, 0.1) is 6.42 Å². The van der Waals surface area contributed by atoms with Gasteiger partial charge in [0.25, 0.3) is 5.56 Å². The smallest absolute Gasteiger partial charge is 0.254 e. The van der Waals surface area contributed by atoms with Crippen LogP contribution >= 0.6 is 0 Å². The number of carbonyl (C=O) groups excluding carboxylic acids is 1. The van der Waals surface area contributed by atoms with Crippen LogP contribution in [-0.4, -0.2) is 47.0 Å². The van der Waals surface area contributed by atoms with E-state index in [1.54, 1.807) is 0 Å². The highest BCUT2D eigenvalue weighted by Gasteiger charge is 2.36. The van der Waals surface area contributed by atoms with Crippen LogP contribution in [0.3, 0.4) is 0 Å². The molecule has 2 aliphatic heterocycles. The summed E-state index contributed by atoms with van der Waals surface area (Å²) in [7, 11) is 0. The molecule has 6 nitrogen and oxygen atoms in total.